The number of carbonyl (C=O) groups is 2. The molecule has 1 aliphatic heterocycles. The summed E-state index contributed by atoms with van der Waals surface area (Å²) in [5.74, 6) is 0.537. The number of pyridine rings is 1. The number of hydrogen-bond donors (Lipinski definition) is 1. The second-order valence-electron chi connectivity index (χ2n) is 7.20. The van der Waals surface area contributed by atoms with E-state index in [0.717, 1.165) is 21.8 Å². The maximum atomic E-state index is 12.6. The Hall–Kier alpha value is -2.58. The van der Waals surface area contributed by atoms with Gasteiger partial charge in [-0.2, -0.15) is 11.3 Å². The molecule has 2 amide bonds. The summed E-state index contributed by atoms with van der Waals surface area (Å²) in [7, 11) is 0. The van der Waals surface area contributed by atoms with Crippen molar-refractivity contribution in [2.24, 2.45) is 5.92 Å². The first-order valence-electron chi connectivity index (χ1n) is 9.57. The summed E-state index contributed by atoms with van der Waals surface area (Å²) < 4.78 is 0. The van der Waals surface area contributed by atoms with E-state index in [1.807, 2.05) is 40.8 Å². The molecule has 6 nitrogen and oxygen atoms in total. The Labute approximate surface area is 177 Å². The second-order valence-corrected chi connectivity index (χ2v) is 8.84. The Bertz CT molecular complexity index is 975. The van der Waals surface area contributed by atoms with Crippen LogP contribution in [0, 0.1) is 12.8 Å². The molecular formula is C21H22N4O2S2. The van der Waals surface area contributed by atoms with Crippen LogP contribution in [0.25, 0.3) is 10.6 Å². The van der Waals surface area contributed by atoms with E-state index in [-0.39, 0.29) is 17.7 Å². The molecule has 0 aliphatic carbocycles. The summed E-state index contributed by atoms with van der Waals surface area (Å²) in [6.45, 7) is 3.15. The fourth-order valence-electron chi connectivity index (χ4n) is 3.33. The van der Waals surface area contributed by atoms with Gasteiger partial charge in [0.15, 0.2) is 0 Å². The third-order valence-electron chi connectivity index (χ3n) is 5.03. The molecule has 0 unspecified atom stereocenters. The van der Waals surface area contributed by atoms with E-state index in [1.54, 1.807) is 28.9 Å². The number of anilines is 1. The smallest absolute Gasteiger partial charge is 0.228 e. The minimum atomic E-state index is -0.0911. The number of hydrogen-bond acceptors (Lipinski definition) is 6. The Morgan fingerprint density at radius 1 is 1.21 bits per heavy atom. The van der Waals surface area contributed by atoms with Gasteiger partial charge < -0.3 is 10.2 Å². The number of aromatic nitrogens is 2. The minimum Gasteiger partial charge on any atom is -0.342 e. The zero-order chi connectivity index (χ0) is 20.2. The third-order valence-corrected chi connectivity index (χ3v) is 6.66. The number of thiophene rings is 1. The maximum absolute atomic E-state index is 12.6. The molecule has 8 heteroatoms. The first-order valence-corrected chi connectivity index (χ1v) is 11.4. The SMILES string of the molecule is Cc1ccc(NC(=O)C2CCN(C(=O)Cc3csc(-c4ccsc4)n3)CC2)nc1. The lowest BCUT2D eigenvalue weighted by Gasteiger charge is -2.31. The van der Waals surface area contributed by atoms with Crippen molar-refractivity contribution in [3.05, 3.63) is 51.8 Å². The highest BCUT2D eigenvalue weighted by atomic mass is 32.1. The highest BCUT2D eigenvalue weighted by molar-refractivity contribution is 7.14. The van der Waals surface area contributed by atoms with Crippen molar-refractivity contribution in [1.29, 1.82) is 0 Å². The molecule has 1 N–H and O–H groups in total. The molecule has 3 aromatic heterocycles. The number of likely N-dealkylation sites (tertiary alicyclic amines) is 1. The molecule has 0 spiro atoms. The standard InChI is InChI=1S/C21H22N4O2S2/c1-14-2-3-18(22-11-14)24-20(27)15-4-7-25(8-5-15)19(26)10-17-13-29-21(23-17)16-6-9-28-12-16/h2-3,6,9,11-13,15H,4-5,7-8,10H2,1H3,(H,22,24,27). The van der Waals surface area contributed by atoms with Gasteiger partial charge >= 0.3 is 0 Å². The topological polar surface area (TPSA) is 75.2 Å². The zero-order valence-corrected chi connectivity index (χ0v) is 17.8. The van der Waals surface area contributed by atoms with Gasteiger partial charge in [-0.25, -0.2) is 9.97 Å². The van der Waals surface area contributed by atoms with Crippen molar-refractivity contribution in [3.63, 3.8) is 0 Å². The number of nitrogens with one attached hydrogen (secondary N) is 1. The van der Waals surface area contributed by atoms with E-state index in [2.05, 4.69) is 20.7 Å². The number of rotatable bonds is 5. The molecule has 0 saturated carbocycles. The number of piperidine rings is 1. The lowest BCUT2D eigenvalue weighted by molar-refractivity contribution is -0.133. The molecule has 29 heavy (non-hydrogen) atoms. The molecular weight excluding hydrogens is 404 g/mol. The first-order chi connectivity index (χ1) is 14.1. The van der Waals surface area contributed by atoms with Crippen molar-refractivity contribution in [1.82, 2.24) is 14.9 Å². The van der Waals surface area contributed by atoms with Crippen LogP contribution in [-0.2, 0) is 16.0 Å². The average molecular weight is 427 g/mol. The molecule has 4 heterocycles. The van der Waals surface area contributed by atoms with E-state index in [1.165, 1.54) is 0 Å². The van der Waals surface area contributed by atoms with Gasteiger partial charge in [-0.05, 0) is 42.8 Å². The van der Waals surface area contributed by atoms with Crippen LogP contribution < -0.4 is 5.32 Å². The van der Waals surface area contributed by atoms with E-state index in [9.17, 15) is 9.59 Å². The highest BCUT2D eigenvalue weighted by Gasteiger charge is 2.27. The monoisotopic (exact) mass is 426 g/mol. The van der Waals surface area contributed by atoms with E-state index >= 15 is 0 Å². The van der Waals surface area contributed by atoms with Gasteiger partial charge in [-0.1, -0.05) is 6.07 Å². The first kappa shape index (κ1) is 19.7. The van der Waals surface area contributed by atoms with Crippen LogP contribution in [0.15, 0.2) is 40.5 Å². The Morgan fingerprint density at radius 2 is 2.03 bits per heavy atom. The number of thiazole rings is 1. The number of carbonyl (C=O) groups excluding carboxylic acids is 2. The molecule has 4 rings (SSSR count). The Kier molecular flexibility index (Phi) is 6.01. The van der Waals surface area contributed by atoms with Crippen LogP contribution in [0.5, 0.6) is 0 Å². The van der Waals surface area contributed by atoms with Gasteiger partial charge in [-0.3, -0.25) is 9.59 Å². The van der Waals surface area contributed by atoms with Gasteiger partial charge in [0.1, 0.15) is 10.8 Å². The summed E-state index contributed by atoms with van der Waals surface area (Å²) >= 11 is 3.21. The van der Waals surface area contributed by atoms with E-state index < -0.39 is 0 Å². The van der Waals surface area contributed by atoms with Gasteiger partial charge in [-0.15, -0.1) is 11.3 Å². The molecule has 0 atom stereocenters. The summed E-state index contributed by atoms with van der Waals surface area (Å²) in [5.41, 5.74) is 2.97. The molecule has 1 aliphatic rings. The fourth-order valence-corrected chi connectivity index (χ4v) is 4.87. The molecule has 150 valence electrons. The lowest BCUT2D eigenvalue weighted by atomic mass is 9.95. The lowest BCUT2D eigenvalue weighted by Crippen LogP contribution is -2.42. The molecule has 0 radical (unpaired) electrons. The van der Waals surface area contributed by atoms with Crippen LogP contribution in [0.3, 0.4) is 0 Å². The molecule has 1 fully saturated rings. The van der Waals surface area contributed by atoms with Crippen LogP contribution >= 0.6 is 22.7 Å². The van der Waals surface area contributed by atoms with Crippen LogP contribution in [0.4, 0.5) is 5.82 Å². The molecule has 0 aromatic carbocycles. The summed E-state index contributed by atoms with van der Waals surface area (Å²) in [4.78, 5) is 35.8. The average Bonchev–Trinajstić information content (AvgIpc) is 3.41. The Morgan fingerprint density at radius 3 is 2.72 bits per heavy atom. The molecule has 3 aromatic rings. The fraction of sp³-hybridized carbons (Fsp3) is 0.333. The largest absolute Gasteiger partial charge is 0.342 e. The highest BCUT2D eigenvalue weighted by Crippen LogP contribution is 2.26. The van der Waals surface area contributed by atoms with Gasteiger partial charge in [0.05, 0.1) is 12.1 Å². The zero-order valence-electron chi connectivity index (χ0n) is 16.1. The summed E-state index contributed by atoms with van der Waals surface area (Å²) in [6, 6.07) is 5.77. The van der Waals surface area contributed by atoms with Crippen molar-refractivity contribution >= 4 is 40.3 Å². The maximum Gasteiger partial charge on any atom is 0.228 e. The van der Waals surface area contributed by atoms with Crippen LogP contribution in [0.1, 0.15) is 24.1 Å². The molecule has 1 saturated heterocycles. The number of aryl methyl sites for hydroxylation is 1. The Balaban J connectivity index is 1.27. The number of nitrogens with zero attached hydrogens (tertiary/aromatic N) is 3. The molecule has 0 bridgehead atoms. The predicted molar refractivity (Wildman–Crippen MR) is 116 cm³/mol. The minimum absolute atomic E-state index is 0.0200. The summed E-state index contributed by atoms with van der Waals surface area (Å²) in [5, 5.41) is 9.87. The van der Waals surface area contributed by atoms with Crippen LogP contribution in [-0.4, -0.2) is 39.8 Å². The second kappa shape index (κ2) is 8.84. The van der Waals surface area contributed by atoms with Crippen molar-refractivity contribution in [3.8, 4) is 10.6 Å². The van der Waals surface area contributed by atoms with E-state index in [4.69, 9.17) is 0 Å². The third kappa shape index (κ3) is 4.89. The number of amides is 2. The van der Waals surface area contributed by atoms with Crippen molar-refractivity contribution in [2.45, 2.75) is 26.2 Å². The van der Waals surface area contributed by atoms with Gasteiger partial charge in [0, 0.05) is 41.5 Å². The van der Waals surface area contributed by atoms with Crippen LogP contribution in [0.2, 0.25) is 0 Å². The quantitative estimate of drug-likeness (QED) is 0.669. The summed E-state index contributed by atoms with van der Waals surface area (Å²) in [6.07, 6.45) is 3.38. The normalized spacial score (nSPS) is 14.7. The predicted octanol–water partition coefficient (Wildman–Crippen LogP) is 3.99. The van der Waals surface area contributed by atoms with Gasteiger partial charge in [0.25, 0.3) is 0 Å². The van der Waals surface area contributed by atoms with Crippen molar-refractivity contribution in [2.75, 3.05) is 18.4 Å². The van der Waals surface area contributed by atoms with Gasteiger partial charge in [0.2, 0.25) is 11.8 Å². The van der Waals surface area contributed by atoms with E-state index in [0.29, 0.717) is 38.2 Å². The van der Waals surface area contributed by atoms with Crippen molar-refractivity contribution < 1.29 is 9.59 Å².